The number of hydrogen-bond acceptors (Lipinski definition) is 4. The third-order valence-corrected chi connectivity index (χ3v) is 5.86. The molecular weight excluding hydrogens is 431 g/mol. The van der Waals surface area contributed by atoms with Gasteiger partial charge in [0.05, 0.1) is 11.4 Å². The van der Waals surface area contributed by atoms with E-state index in [0.717, 1.165) is 28.9 Å². The maximum Gasteiger partial charge on any atom is 0.238 e. The first-order valence-electron chi connectivity index (χ1n) is 11.2. The van der Waals surface area contributed by atoms with Crippen LogP contribution in [0.1, 0.15) is 34.6 Å². The van der Waals surface area contributed by atoms with Crippen LogP contribution in [0.3, 0.4) is 0 Å². The van der Waals surface area contributed by atoms with Crippen molar-refractivity contribution in [2.45, 2.75) is 25.3 Å². The van der Waals surface area contributed by atoms with Crippen molar-refractivity contribution in [3.05, 3.63) is 94.8 Å². The molecule has 3 aromatic rings. The second-order valence-electron chi connectivity index (χ2n) is 8.22. The van der Waals surface area contributed by atoms with Gasteiger partial charge in [0.15, 0.2) is 0 Å². The Morgan fingerprint density at radius 1 is 1.00 bits per heavy atom. The molecule has 0 radical (unpaired) electrons. The zero-order valence-corrected chi connectivity index (χ0v) is 19.2. The van der Waals surface area contributed by atoms with Crippen LogP contribution in [0.5, 0.6) is 0 Å². The van der Waals surface area contributed by atoms with Crippen molar-refractivity contribution in [1.29, 1.82) is 0 Å². The number of halogens is 1. The number of carbonyl (C=O) groups is 2. The summed E-state index contributed by atoms with van der Waals surface area (Å²) in [5, 5.41) is 8.53. The summed E-state index contributed by atoms with van der Waals surface area (Å²) in [7, 11) is 3.51. The van der Waals surface area contributed by atoms with E-state index in [0.29, 0.717) is 29.8 Å². The molecule has 0 bridgehead atoms. The zero-order chi connectivity index (χ0) is 24.1. The molecule has 0 aromatic heterocycles. The molecule has 2 amide bonds. The van der Waals surface area contributed by atoms with Crippen LogP contribution in [-0.2, 0) is 22.6 Å². The van der Waals surface area contributed by atoms with Gasteiger partial charge in [-0.3, -0.25) is 14.6 Å². The van der Waals surface area contributed by atoms with Gasteiger partial charge in [-0.1, -0.05) is 42.5 Å². The van der Waals surface area contributed by atoms with Gasteiger partial charge in [-0.05, 0) is 60.0 Å². The molecule has 0 saturated heterocycles. The smallest absolute Gasteiger partial charge is 0.238 e. The van der Waals surface area contributed by atoms with E-state index >= 15 is 0 Å². The Kier molecular flexibility index (Phi) is 7.13. The lowest BCUT2D eigenvalue weighted by Gasteiger charge is -2.15. The number of carbonyl (C=O) groups excluding carboxylic acids is 2. The Labute approximate surface area is 198 Å². The highest BCUT2D eigenvalue weighted by Gasteiger charge is 2.35. The molecule has 0 saturated carbocycles. The normalized spacial score (nSPS) is 15.1. The fourth-order valence-corrected chi connectivity index (χ4v) is 4.06. The molecule has 0 spiro atoms. The van der Waals surface area contributed by atoms with Crippen molar-refractivity contribution in [3.63, 3.8) is 0 Å². The van der Waals surface area contributed by atoms with Crippen molar-refractivity contribution in [1.82, 2.24) is 10.6 Å². The van der Waals surface area contributed by atoms with Crippen LogP contribution in [0.2, 0.25) is 0 Å². The van der Waals surface area contributed by atoms with E-state index in [4.69, 9.17) is 4.99 Å². The average molecular weight is 459 g/mol. The molecule has 3 N–H and O–H groups in total. The zero-order valence-electron chi connectivity index (χ0n) is 19.2. The van der Waals surface area contributed by atoms with E-state index in [2.05, 4.69) is 16.0 Å². The maximum atomic E-state index is 13.8. The predicted molar refractivity (Wildman–Crippen MR) is 132 cm³/mol. The largest absolute Gasteiger partial charge is 0.359 e. The van der Waals surface area contributed by atoms with Gasteiger partial charge >= 0.3 is 0 Å². The Hall–Kier alpha value is -3.84. The molecule has 34 heavy (non-hydrogen) atoms. The molecule has 1 aliphatic rings. The van der Waals surface area contributed by atoms with E-state index in [1.165, 1.54) is 12.1 Å². The minimum Gasteiger partial charge on any atom is -0.359 e. The Morgan fingerprint density at radius 3 is 2.38 bits per heavy atom. The van der Waals surface area contributed by atoms with Gasteiger partial charge in [-0.15, -0.1) is 0 Å². The highest BCUT2D eigenvalue weighted by Crippen LogP contribution is 2.36. The summed E-state index contributed by atoms with van der Waals surface area (Å²) in [4.78, 5) is 29.4. The lowest BCUT2D eigenvalue weighted by atomic mass is 9.90. The number of nitrogens with zero attached hydrogens (tertiary/aromatic N) is 1. The average Bonchev–Trinajstić information content (AvgIpc) is 3.17. The van der Waals surface area contributed by atoms with Gasteiger partial charge in [0.25, 0.3) is 0 Å². The molecule has 0 fully saturated rings. The number of hydrogen-bond donors (Lipinski definition) is 3. The molecule has 1 aliphatic heterocycles. The number of benzene rings is 3. The van der Waals surface area contributed by atoms with Crippen molar-refractivity contribution in [2.75, 3.05) is 19.4 Å². The third kappa shape index (κ3) is 5.21. The van der Waals surface area contributed by atoms with E-state index in [1.54, 1.807) is 13.1 Å². The minimum absolute atomic E-state index is 0.0143. The molecule has 1 atom stereocenters. The highest BCUT2D eigenvalue weighted by molar-refractivity contribution is 6.24. The predicted octanol–water partition coefficient (Wildman–Crippen LogP) is 4.08. The van der Waals surface area contributed by atoms with Crippen LogP contribution in [0.4, 0.5) is 15.8 Å². The monoisotopic (exact) mass is 458 g/mol. The number of rotatable bonds is 8. The summed E-state index contributed by atoms with van der Waals surface area (Å²) in [6.45, 7) is 0.748. The molecular formula is C27H27FN4O2. The number of anilines is 1. The number of aryl methyl sites for hydroxylation is 1. The van der Waals surface area contributed by atoms with Crippen LogP contribution in [0.15, 0.2) is 71.7 Å². The maximum absolute atomic E-state index is 13.8. The van der Waals surface area contributed by atoms with Crippen molar-refractivity contribution < 1.29 is 14.0 Å². The van der Waals surface area contributed by atoms with E-state index in [1.807, 2.05) is 55.6 Å². The molecule has 1 unspecified atom stereocenters. The number of amides is 2. The molecule has 0 aliphatic carbocycles. The van der Waals surface area contributed by atoms with Crippen molar-refractivity contribution in [3.8, 4) is 0 Å². The molecule has 7 heteroatoms. The summed E-state index contributed by atoms with van der Waals surface area (Å²) in [5.41, 5.74) is 5.41. The molecule has 174 valence electrons. The molecule has 4 rings (SSSR count). The van der Waals surface area contributed by atoms with Crippen LogP contribution >= 0.6 is 0 Å². The standard InChI is InChI=1S/C27H27FN4O2/c1-29-16-18-5-11-21(12-6-18)31-26(19-8-3-17(4-9-19)7-14-24(33)30-2)25-22-13-10-20(28)15-23(22)32-27(25)34/h3-6,8-13,15,25,29H,7,14,16H2,1-2H3,(H,30,33)(H,32,34). The number of fused-ring (bicyclic) bond motifs is 1. The number of nitrogens with one attached hydrogen (secondary N) is 3. The van der Waals surface area contributed by atoms with Gasteiger partial charge in [0.1, 0.15) is 11.7 Å². The summed E-state index contributed by atoms with van der Waals surface area (Å²) in [6.07, 6.45) is 1.02. The third-order valence-electron chi connectivity index (χ3n) is 5.86. The van der Waals surface area contributed by atoms with E-state index in [-0.39, 0.29) is 11.8 Å². The number of aliphatic imine (C=N–C) groups is 1. The van der Waals surface area contributed by atoms with Crippen LogP contribution in [0.25, 0.3) is 0 Å². The Bertz CT molecular complexity index is 1220. The first kappa shape index (κ1) is 23.3. The summed E-state index contributed by atoms with van der Waals surface area (Å²) < 4.78 is 13.8. The second kappa shape index (κ2) is 10.4. The minimum atomic E-state index is -0.663. The van der Waals surface area contributed by atoms with Gasteiger partial charge in [-0.25, -0.2) is 4.39 Å². The summed E-state index contributed by atoms with van der Waals surface area (Å²) >= 11 is 0. The van der Waals surface area contributed by atoms with Gasteiger partial charge in [0, 0.05) is 25.7 Å². The fraction of sp³-hybridized carbons (Fsp3) is 0.222. The first-order valence-corrected chi connectivity index (χ1v) is 11.2. The lowest BCUT2D eigenvalue weighted by molar-refractivity contribution is -0.120. The van der Waals surface area contributed by atoms with Gasteiger partial charge in [0.2, 0.25) is 11.8 Å². The molecule has 6 nitrogen and oxygen atoms in total. The topological polar surface area (TPSA) is 82.6 Å². The summed E-state index contributed by atoms with van der Waals surface area (Å²) in [5.74, 6) is -1.32. The first-order chi connectivity index (χ1) is 16.5. The van der Waals surface area contributed by atoms with Crippen LogP contribution < -0.4 is 16.0 Å². The van der Waals surface area contributed by atoms with Gasteiger partial charge < -0.3 is 16.0 Å². The quantitative estimate of drug-likeness (QED) is 0.445. The van der Waals surface area contributed by atoms with Crippen LogP contribution in [0, 0.1) is 5.82 Å². The molecule has 3 aromatic carbocycles. The summed E-state index contributed by atoms with van der Waals surface area (Å²) in [6, 6.07) is 19.9. The van der Waals surface area contributed by atoms with E-state index < -0.39 is 11.7 Å². The lowest BCUT2D eigenvalue weighted by Crippen LogP contribution is -2.22. The Balaban J connectivity index is 1.72. The van der Waals surface area contributed by atoms with Crippen molar-refractivity contribution >= 4 is 28.9 Å². The van der Waals surface area contributed by atoms with Crippen LogP contribution in [-0.4, -0.2) is 31.6 Å². The fourth-order valence-electron chi connectivity index (χ4n) is 4.06. The highest BCUT2D eigenvalue weighted by atomic mass is 19.1. The van der Waals surface area contributed by atoms with Gasteiger partial charge in [-0.2, -0.15) is 0 Å². The Morgan fingerprint density at radius 2 is 1.71 bits per heavy atom. The van der Waals surface area contributed by atoms with Crippen molar-refractivity contribution in [2.24, 2.45) is 4.99 Å². The SMILES string of the molecule is CNCc1ccc(N=C(c2ccc(CCC(=O)NC)cc2)C2C(=O)Nc3cc(F)ccc32)cc1. The second-order valence-corrected chi connectivity index (χ2v) is 8.22. The van der Waals surface area contributed by atoms with E-state index in [9.17, 15) is 14.0 Å². The molecule has 1 heterocycles.